The third-order valence-electron chi connectivity index (χ3n) is 9.85. The largest absolute Gasteiger partial charge is 0.458 e. The number of aromatic nitrogens is 1. The second kappa shape index (κ2) is 13.7. The summed E-state index contributed by atoms with van der Waals surface area (Å²) in [5, 5.41) is -5.82. The maximum atomic E-state index is 10.7. The Bertz CT molecular complexity index is 5030. The minimum absolute atomic E-state index is 0.380. The van der Waals surface area contributed by atoms with Gasteiger partial charge in [-0.2, -0.15) is 11.6 Å². The number of fused-ring (bicyclic) bond motifs is 7. The fourth-order valence-corrected chi connectivity index (χ4v) is 12.4. The Morgan fingerprint density at radius 2 is 1.02 bits per heavy atom. The average molecular weight is 822 g/mol. The molecule has 12 rings (SSSR count). The van der Waals surface area contributed by atoms with E-state index in [1.807, 2.05) is 0 Å². The highest BCUT2D eigenvalue weighted by atomic mass is 32.2. The average Bonchev–Trinajstić information content (AvgIpc) is 0.736. The summed E-state index contributed by atoms with van der Waals surface area (Å²) in [6, 6.07) is -40.1. The summed E-state index contributed by atoms with van der Waals surface area (Å²) in [5.41, 5.74) is -6.80. The van der Waals surface area contributed by atoms with Crippen molar-refractivity contribution < 1.29 is 54.1 Å². The SMILES string of the molecule is [2H]c1c([2H])c([2H])c([Si](c2c([2H])c([2H])c([2H])c([2H])c2[2H])(c2c([2H])c([2H])c([2H])c([2H])c2[2H])c2c([2H])c([2H])c3c(c2[2H])SB2c4c([2H])c([2H])c([2H])c([2H])c4Oc4c([2H])c(-c5c([2H])c([2H])c([2H])c([2H])c5-n5c6c([2H])c([2H])c([2H])c([2H])c6c6c([2H])c([2H])c([2H])c([2H])c65)c([2H])c-3c42)c([2H])c1[2H]. The summed E-state index contributed by atoms with van der Waals surface area (Å²) in [5.74, 6) is -3.38. The van der Waals surface area contributed by atoms with Gasteiger partial charge >= 0.3 is 0 Å². The molecule has 0 radical (unpaired) electrons. The topological polar surface area (TPSA) is 14.2 Å². The quantitative estimate of drug-likeness (QED) is 0.123. The van der Waals surface area contributed by atoms with Gasteiger partial charge in [-0.25, -0.2) is 0 Å². The first-order valence-electron chi connectivity index (χ1n) is 35.3. The van der Waals surface area contributed by atoms with Crippen LogP contribution in [0.3, 0.4) is 0 Å². The Morgan fingerprint density at radius 3 is 1.68 bits per heavy atom. The molecule has 0 fully saturated rings. The van der Waals surface area contributed by atoms with Gasteiger partial charge in [-0.3, -0.25) is 0 Å². The number of para-hydroxylation sites is 4. The number of hydrogen-bond acceptors (Lipinski definition) is 2. The Balaban J connectivity index is 1.36. The monoisotopic (exact) mass is 821 g/mol. The van der Waals surface area contributed by atoms with Gasteiger partial charge in [-0.05, 0) is 90.7 Å². The molecule has 5 heteroatoms. The molecule has 2 nitrogen and oxygen atoms in total. The number of hydrogen-bond donors (Lipinski definition) is 0. The third kappa shape index (κ3) is 5.22. The van der Waals surface area contributed by atoms with Gasteiger partial charge in [0.05, 0.1) is 66.1 Å². The molecule has 2 aliphatic rings. The Kier molecular flexibility index (Phi) is 3.22. The van der Waals surface area contributed by atoms with E-state index in [-0.39, 0.29) is 0 Å². The summed E-state index contributed by atoms with van der Waals surface area (Å²) >= 11 is 0.380. The second-order valence-corrected chi connectivity index (χ2v) is 17.4. The molecule has 0 amide bonds. The summed E-state index contributed by atoms with van der Waals surface area (Å²) in [6.07, 6.45) is 0. The molecular formula is C54H36BNOSSi. The summed E-state index contributed by atoms with van der Waals surface area (Å²) in [6.45, 7) is 0. The van der Waals surface area contributed by atoms with Crippen molar-refractivity contribution in [3.8, 4) is 39.4 Å². The summed E-state index contributed by atoms with van der Waals surface area (Å²) < 4.78 is 342. The van der Waals surface area contributed by atoms with Crippen molar-refractivity contribution in [1.29, 1.82) is 0 Å². The third-order valence-corrected chi connectivity index (χ3v) is 15.1. The zero-order valence-electron chi connectivity index (χ0n) is 65.3. The molecule has 10 aromatic rings. The molecule has 0 unspecified atom stereocenters. The highest BCUT2D eigenvalue weighted by Crippen LogP contribution is 2.46. The molecule has 0 aliphatic carbocycles. The van der Waals surface area contributed by atoms with Crippen LogP contribution in [0, 0.1) is 0 Å². The van der Waals surface area contributed by atoms with Crippen molar-refractivity contribution in [3.05, 3.63) is 218 Å². The zero-order chi connectivity index (χ0) is 70.2. The van der Waals surface area contributed by atoms with E-state index in [9.17, 15) is 23.3 Å². The van der Waals surface area contributed by atoms with Crippen molar-refractivity contribution in [2.75, 3.05) is 0 Å². The Morgan fingerprint density at radius 1 is 0.458 bits per heavy atom. The first-order valence-corrected chi connectivity index (χ1v) is 20.2. The van der Waals surface area contributed by atoms with Crippen LogP contribution in [-0.4, -0.2) is 18.6 Å². The molecule has 1 aromatic heterocycles. The first kappa shape index (κ1) is 13.9. The van der Waals surface area contributed by atoms with E-state index in [1.54, 1.807) is 0 Å². The molecular weight excluding hydrogens is 750 g/mol. The van der Waals surface area contributed by atoms with Crippen molar-refractivity contribution in [3.63, 3.8) is 0 Å². The maximum absolute atomic E-state index is 10.7. The second-order valence-electron chi connectivity index (χ2n) is 12.8. The maximum Gasteiger partial charge on any atom is 0.289 e. The van der Waals surface area contributed by atoms with Crippen LogP contribution in [0.1, 0.15) is 49.3 Å². The van der Waals surface area contributed by atoms with E-state index >= 15 is 0 Å². The van der Waals surface area contributed by atoms with Crippen LogP contribution in [0.15, 0.2) is 222 Å². The standard InChI is InChI=1S/C54H36BNOSSi/c1-4-18-38(19-5-1)59(39-20-6-2-7-21-39,40-22-8-3-9-23-40)41-32-33-45-46-34-37(35-52-54(46)55(58-53(45)36-41)47-27-13-17-31-51(47)57-52)42-24-10-14-28-48(42)56-49-29-15-11-25-43(49)44-26-12-16-30-50(44)56/h1-36H/i1D,2D,3D,4D,5D,6D,7D,8D,9D,10D,11D,12D,13D,14D,15D,16D,17D,18D,19D,20D,21D,22D,23D,24D,25D,26D,27D,28D,29D,30D,31D,32D,33D,34D,35D,36D. The van der Waals surface area contributed by atoms with Gasteiger partial charge in [0.15, 0.2) is 8.07 Å². The molecule has 2 aliphatic heterocycles. The highest BCUT2D eigenvalue weighted by Gasteiger charge is 2.44. The lowest BCUT2D eigenvalue weighted by atomic mass is 9.57. The molecule has 0 atom stereocenters. The molecule has 0 N–H and O–H groups in total. The minimum atomic E-state index is -6.48. The number of rotatable bonds is 6. The summed E-state index contributed by atoms with van der Waals surface area (Å²) in [4.78, 5) is -0.726. The van der Waals surface area contributed by atoms with Gasteiger partial charge in [0, 0.05) is 21.2 Å². The van der Waals surface area contributed by atoms with Gasteiger partial charge in [0.1, 0.15) is 11.5 Å². The lowest BCUT2D eigenvalue weighted by Gasteiger charge is -2.37. The molecule has 0 saturated carbocycles. The van der Waals surface area contributed by atoms with Crippen LogP contribution in [0.4, 0.5) is 0 Å². The predicted molar refractivity (Wildman–Crippen MR) is 253 cm³/mol. The van der Waals surface area contributed by atoms with Crippen LogP contribution in [0.2, 0.25) is 0 Å². The molecule has 9 aromatic carbocycles. The van der Waals surface area contributed by atoms with Gasteiger partial charge in [0.25, 0.3) is 5.99 Å². The van der Waals surface area contributed by atoms with Crippen LogP contribution in [0.25, 0.3) is 49.7 Å². The van der Waals surface area contributed by atoms with Crippen molar-refractivity contribution >= 4 is 79.2 Å². The van der Waals surface area contributed by atoms with E-state index in [2.05, 4.69) is 0 Å². The molecule has 0 spiro atoms. The molecule has 0 bridgehead atoms. The van der Waals surface area contributed by atoms with Crippen LogP contribution < -0.4 is 36.4 Å². The Labute approximate surface area is 400 Å². The first-order chi connectivity index (χ1) is 44.2. The Hall–Kier alpha value is -6.79. The van der Waals surface area contributed by atoms with Crippen molar-refractivity contribution in [1.82, 2.24) is 4.57 Å². The fourth-order valence-electron chi connectivity index (χ4n) is 7.43. The normalized spacial score (nSPS) is 21.3. The molecule has 3 heterocycles. The molecule has 0 saturated heterocycles. The number of ether oxygens (including phenoxy) is 1. The highest BCUT2D eigenvalue weighted by molar-refractivity contribution is 8.28. The van der Waals surface area contributed by atoms with Gasteiger partial charge < -0.3 is 9.30 Å². The van der Waals surface area contributed by atoms with Gasteiger partial charge in [-0.15, -0.1) is 0 Å². The van der Waals surface area contributed by atoms with Gasteiger partial charge in [-0.1, -0.05) is 175 Å². The van der Waals surface area contributed by atoms with Crippen LogP contribution in [0.5, 0.6) is 11.5 Å². The molecule has 59 heavy (non-hydrogen) atoms. The fraction of sp³-hybridized carbons (Fsp3) is 0. The van der Waals surface area contributed by atoms with E-state index in [1.165, 1.54) is 0 Å². The lowest BCUT2D eigenvalue weighted by Crippen LogP contribution is -2.74. The smallest absolute Gasteiger partial charge is 0.289 e. The van der Waals surface area contributed by atoms with E-state index < -0.39 is 329 Å². The summed E-state index contributed by atoms with van der Waals surface area (Å²) in [7, 11) is -6.48. The van der Waals surface area contributed by atoms with Crippen molar-refractivity contribution in [2.24, 2.45) is 0 Å². The number of benzene rings is 9. The zero-order valence-corrected chi connectivity index (χ0v) is 31.2. The minimum Gasteiger partial charge on any atom is -0.458 e. The van der Waals surface area contributed by atoms with Crippen molar-refractivity contribution in [2.45, 2.75) is 4.90 Å². The van der Waals surface area contributed by atoms with E-state index in [4.69, 9.17) is 30.8 Å². The van der Waals surface area contributed by atoms with E-state index in [0.29, 0.717) is 16.2 Å². The van der Waals surface area contributed by atoms with Gasteiger partial charge in [0.2, 0.25) is 0 Å². The molecule has 276 valence electrons. The van der Waals surface area contributed by atoms with Crippen LogP contribution in [-0.2, 0) is 0 Å². The predicted octanol–water partition coefficient (Wildman–Crippen LogP) is 9.81. The van der Waals surface area contributed by atoms with E-state index in [0.717, 1.165) is 0 Å². The number of nitrogens with zero attached hydrogens (tertiary/aromatic N) is 1. The van der Waals surface area contributed by atoms with Crippen LogP contribution >= 0.6 is 11.6 Å². The lowest BCUT2D eigenvalue weighted by molar-refractivity contribution is 0.488.